The summed E-state index contributed by atoms with van der Waals surface area (Å²) in [7, 11) is -4.12. The Morgan fingerprint density at radius 3 is 2.52 bits per heavy atom. The lowest BCUT2D eigenvalue weighted by molar-refractivity contribution is 0.334. The standard InChI is InChI=1S/C24H20F2N4O2S/c1-16-6-7-17(14-27)10-23(16)30-22-5-3-2-4-18(22)11-24(30)21-9-8-20(15-28-21)33(31,32)29-19(12-25)13-26/h2-11,15,19,29H,12-13H2,1H3. The van der Waals surface area contributed by atoms with Crippen molar-refractivity contribution in [3.05, 3.63) is 78.0 Å². The molecule has 0 saturated carbocycles. The molecular weight excluding hydrogens is 446 g/mol. The molecule has 0 aliphatic heterocycles. The number of aromatic nitrogens is 2. The van der Waals surface area contributed by atoms with Crippen LogP contribution in [0, 0.1) is 18.3 Å². The number of nitriles is 1. The number of fused-ring (bicyclic) bond motifs is 1. The molecule has 6 nitrogen and oxygen atoms in total. The second-order valence-electron chi connectivity index (χ2n) is 7.54. The molecule has 0 atom stereocenters. The van der Waals surface area contributed by atoms with Crippen molar-refractivity contribution < 1.29 is 17.2 Å². The van der Waals surface area contributed by atoms with E-state index in [1.54, 1.807) is 18.2 Å². The van der Waals surface area contributed by atoms with Crippen LogP contribution in [0.5, 0.6) is 0 Å². The fraction of sp³-hybridized carbons (Fsp3) is 0.167. The number of benzene rings is 2. The number of nitrogens with one attached hydrogen (secondary N) is 1. The molecule has 0 spiro atoms. The van der Waals surface area contributed by atoms with E-state index in [1.807, 2.05) is 52.6 Å². The van der Waals surface area contributed by atoms with Gasteiger partial charge in [0.15, 0.2) is 0 Å². The largest absolute Gasteiger partial charge is 0.307 e. The van der Waals surface area contributed by atoms with E-state index in [4.69, 9.17) is 0 Å². The van der Waals surface area contributed by atoms with Gasteiger partial charge in [-0.1, -0.05) is 24.3 Å². The molecular formula is C24H20F2N4O2S. The van der Waals surface area contributed by atoms with Crippen LogP contribution in [0.3, 0.4) is 0 Å². The Labute approximate surface area is 190 Å². The number of alkyl halides is 2. The first-order valence-electron chi connectivity index (χ1n) is 10.1. The van der Waals surface area contributed by atoms with Crippen molar-refractivity contribution in [2.45, 2.75) is 17.9 Å². The summed E-state index contributed by atoms with van der Waals surface area (Å²) in [4.78, 5) is 4.14. The van der Waals surface area contributed by atoms with Gasteiger partial charge >= 0.3 is 0 Å². The second-order valence-corrected chi connectivity index (χ2v) is 9.26. The predicted octanol–water partition coefficient (Wildman–Crippen LogP) is 4.46. The monoisotopic (exact) mass is 466 g/mol. The van der Waals surface area contributed by atoms with Gasteiger partial charge in [0.25, 0.3) is 0 Å². The molecule has 0 amide bonds. The maximum atomic E-state index is 12.8. The summed E-state index contributed by atoms with van der Waals surface area (Å²) in [5.74, 6) is 0. The van der Waals surface area contributed by atoms with Crippen LogP contribution < -0.4 is 4.72 Å². The van der Waals surface area contributed by atoms with Crippen LogP contribution in [0.1, 0.15) is 11.1 Å². The van der Waals surface area contributed by atoms with Crippen molar-refractivity contribution in [2.24, 2.45) is 0 Å². The first-order valence-corrected chi connectivity index (χ1v) is 11.6. The smallest absolute Gasteiger partial charge is 0.242 e. The normalized spacial score (nSPS) is 11.7. The molecule has 4 aromatic rings. The second kappa shape index (κ2) is 9.10. The number of hydrogen-bond donors (Lipinski definition) is 1. The molecule has 1 N–H and O–H groups in total. The van der Waals surface area contributed by atoms with E-state index in [9.17, 15) is 22.5 Å². The summed E-state index contributed by atoms with van der Waals surface area (Å²) in [6, 6.07) is 18.7. The van der Waals surface area contributed by atoms with E-state index < -0.39 is 29.4 Å². The quantitative estimate of drug-likeness (QED) is 0.436. The minimum atomic E-state index is -4.12. The molecule has 0 bridgehead atoms. The minimum absolute atomic E-state index is 0.191. The maximum absolute atomic E-state index is 12.8. The molecule has 0 unspecified atom stereocenters. The van der Waals surface area contributed by atoms with E-state index in [2.05, 4.69) is 11.1 Å². The van der Waals surface area contributed by atoms with Gasteiger partial charge in [-0.05, 0) is 48.9 Å². The van der Waals surface area contributed by atoms with Crippen molar-refractivity contribution in [3.8, 4) is 23.1 Å². The number of aryl methyl sites for hydroxylation is 1. The fourth-order valence-electron chi connectivity index (χ4n) is 3.61. The lowest BCUT2D eigenvalue weighted by atomic mass is 10.1. The molecule has 2 aromatic carbocycles. The third-order valence-corrected chi connectivity index (χ3v) is 6.80. The molecule has 0 saturated heterocycles. The molecule has 0 aliphatic carbocycles. The van der Waals surface area contributed by atoms with Crippen molar-refractivity contribution in [1.29, 1.82) is 5.26 Å². The van der Waals surface area contributed by atoms with Crippen molar-refractivity contribution in [2.75, 3.05) is 13.3 Å². The number of para-hydroxylation sites is 1. The summed E-state index contributed by atoms with van der Waals surface area (Å²) < 4.78 is 54.4. The van der Waals surface area contributed by atoms with Gasteiger partial charge in [0.05, 0.1) is 40.3 Å². The molecule has 4 rings (SSSR count). The van der Waals surface area contributed by atoms with Crippen LogP contribution in [0.15, 0.2) is 71.8 Å². The molecule has 0 aliphatic rings. The Balaban J connectivity index is 1.84. The number of rotatable bonds is 7. The van der Waals surface area contributed by atoms with Crippen LogP contribution in [0.2, 0.25) is 0 Å². The topological polar surface area (TPSA) is 87.8 Å². The summed E-state index contributed by atoms with van der Waals surface area (Å²) in [6.45, 7) is -0.360. The highest BCUT2D eigenvalue weighted by Gasteiger charge is 2.21. The molecule has 0 radical (unpaired) electrons. The summed E-state index contributed by atoms with van der Waals surface area (Å²) in [5.41, 5.74) is 4.37. The predicted molar refractivity (Wildman–Crippen MR) is 122 cm³/mol. The number of halogens is 2. The zero-order valence-corrected chi connectivity index (χ0v) is 18.5. The van der Waals surface area contributed by atoms with Crippen molar-refractivity contribution in [3.63, 3.8) is 0 Å². The van der Waals surface area contributed by atoms with Gasteiger partial charge in [0.1, 0.15) is 18.2 Å². The number of sulfonamides is 1. The Morgan fingerprint density at radius 2 is 1.85 bits per heavy atom. The van der Waals surface area contributed by atoms with Crippen LogP contribution >= 0.6 is 0 Å². The van der Waals surface area contributed by atoms with Crippen molar-refractivity contribution >= 4 is 20.9 Å². The third kappa shape index (κ3) is 4.35. The zero-order chi connectivity index (χ0) is 23.6. The highest BCUT2D eigenvalue weighted by molar-refractivity contribution is 7.89. The van der Waals surface area contributed by atoms with Crippen molar-refractivity contribution in [1.82, 2.24) is 14.3 Å². The van der Waals surface area contributed by atoms with Crippen LogP contribution in [0.25, 0.3) is 28.0 Å². The molecule has 9 heteroatoms. The molecule has 2 aromatic heterocycles. The van der Waals surface area contributed by atoms with E-state index >= 15 is 0 Å². The van der Waals surface area contributed by atoms with E-state index in [0.29, 0.717) is 17.0 Å². The van der Waals surface area contributed by atoms with Gasteiger partial charge < -0.3 is 4.57 Å². The Kier molecular flexibility index (Phi) is 6.22. The molecule has 168 valence electrons. The van der Waals surface area contributed by atoms with Gasteiger partial charge in [-0.15, -0.1) is 0 Å². The van der Waals surface area contributed by atoms with Gasteiger partial charge in [-0.2, -0.15) is 5.26 Å². The van der Waals surface area contributed by atoms with Gasteiger partial charge in [0, 0.05) is 11.6 Å². The average molecular weight is 467 g/mol. The van der Waals surface area contributed by atoms with Gasteiger partial charge in [0.2, 0.25) is 10.0 Å². The van der Waals surface area contributed by atoms with Gasteiger partial charge in [-0.3, -0.25) is 4.98 Å². The number of hydrogen-bond acceptors (Lipinski definition) is 4. The molecule has 2 heterocycles. The summed E-state index contributed by atoms with van der Waals surface area (Å²) in [6.07, 6.45) is 1.16. The fourth-order valence-corrected chi connectivity index (χ4v) is 4.74. The van der Waals surface area contributed by atoms with Gasteiger partial charge in [-0.25, -0.2) is 21.9 Å². The van der Waals surface area contributed by atoms with Crippen LogP contribution in [-0.4, -0.2) is 37.4 Å². The highest BCUT2D eigenvalue weighted by atomic mass is 32.2. The van der Waals surface area contributed by atoms with Crippen LogP contribution in [0.4, 0.5) is 8.78 Å². The number of pyridine rings is 1. The highest BCUT2D eigenvalue weighted by Crippen LogP contribution is 2.32. The Bertz CT molecular complexity index is 1450. The van der Waals surface area contributed by atoms with Crippen LogP contribution in [-0.2, 0) is 10.0 Å². The van der Waals surface area contributed by atoms with E-state index in [0.717, 1.165) is 28.4 Å². The Morgan fingerprint density at radius 1 is 1.09 bits per heavy atom. The van der Waals surface area contributed by atoms with E-state index in [1.165, 1.54) is 6.07 Å². The third-order valence-electron chi connectivity index (χ3n) is 5.29. The summed E-state index contributed by atoms with van der Waals surface area (Å²) >= 11 is 0. The Hall–Kier alpha value is -3.61. The SMILES string of the molecule is Cc1ccc(C#N)cc1-n1c(-c2ccc(S(=O)(=O)NC(CF)CF)cn2)cc2ccccc21. The summed E-state index contributed by atoms with van der Waals surface area (Å²) in [5, 5.41) is 10.3. The molecule has 33 heavy (non-hydrogen) atoms. The minimum Gasteiger partial charge on any atom is -0.307 e. The maximum Gasteiger partial charge on any atom is 0.242 e. The lowest BCUT2D eigenvalue weighted by Crippen LogP contribution is -2.37. The number of nitrogens with zero attached hydrogens (tertiary/aromatic N) is 3. The first kappa shape index (κ1) is 22.6. The first-order chi connectivity index (χ1) is 15.9. The zero-order valence-electron chi connectivity index (χ0n) is 17.7. The average Bonchev–Trinajstić information content (AvgIpc) is 3.22. The van der Waals surface area contributed by atoms with E-state index in [-0.39, 0.29) is 4.90 Å². The molecule has 0 fully saturated rings. The lowest BCUT2D eigenvalue weighted by Gasteiger charge is -2.15.